The molecule has 3 nitrogen and oxygen atoms in total. The Bertz CT molecular complexity index is 625. The summed E-state index contributed by atoms with van der Waals surface area (Å²) in [7, 11) is 1.98. The number of hydrogen-bond donors (Lipinski definition) is 0. The lowest BCUT2D eigenvalue weighted by atomic mass is 9.71. The van der Waals surface area contributed by atoms with E-state index in [0.717, 1.165) is 19.4 Å². The molecule has 1 atom stereocenters. The van der Waals surface area contributed by atoms with Crippen LogP contribution < -0.4 is 0 Å². The molecule has 162 valence electrons. The Hall–Kier alpha value is -1.10. The summed E-state index contributed by atoms with van der Waals surface area (Å²) >= 11 is 0. The highest BCUT2D eigenvalue weighted by molar-refractivity contribution is 6.55. The monoisotopic (exact) mass is 399 g/mol. The van der Waals surface area contributed by atoms with Crippen LogP contribution in [-0.4, -0.2) is 36.3 Å². The number of unbranched alkanes of at least 4 members (excludes halogenated alkanes) is 3. The number of hydrogen-bond acceptors (Lipinski definition) is 3. The predicted octanol–water partition coefficient (Wildman–Crippen LogP) is 6.43. The van der Waals surface area contributed by atoms with Crippen LogP contribution >= 0.6 is 0 Å². The normalized spacial score (nSPS) is 19.7. The predicted molar refractivity (Wildman–Crippen MR) is 125 cm³/mol. The lowest BCUT2D eigenvalue weighted by molar-refractivity contribution is 0.00578. The highest BCUT2D eigenvalue weighted by Gasteiger charge is 2.53. The van der Waals surface area contributed by atoms with Gasteiger partial charge in [-0.15, -0.1) is 0 Å². The second-order valence-electron chi connectivity index (χ2n) is 9.49. The third-order valence-corrected chi connectivity index (χ3v) is 6.49. The Kier molecular flexibility index (Phi) is 9.00. The van der Waals surface area contributed by atoms with Gasteiger partial charge in [0.15, 0.2) is 0 Å². The summed E-state index contributed by atoms with van der Waals surface area (Å²) in [4.78, 5) is 2.48. The van der Waals surface area contributed by atoms with Crippen LogP contribution in [0.3, 0.4) is 0 Å². The van der Waals surface area contributed by atoms with Crippen LogP contribution in [0.4, 0.5) is 0 Å². The van der Waals surface area contributed by atoms with E-state index in [1.807, 2.05) is 0 Å². The van der Waals surface area contributed by atoms with E-state index >= 15 is 0 Å². The quantitative estimate of drug-likeness (QED) is 0.316. The van der Waals surface area contributed by atoms with E-state index in [9.17, 15) is 0 Å². The first-order valence-corrected chi connectivity index (χ1v) is 11.5. The van der Waals surface area contributed by atoms with E-state index in [1.54, 1.807) is 0 Å². The largest absolute Gasteiger partial charge is 0.491 e. The van der Waals surface area contributed by atoms with Crippen molar-refractivity contribution in [3.8, 4) is 0 Å². The summed E-state index contributed by atoms with van der Waals surface area (Å²) in [5.74, 6) is 0. The second-order valence-corrected chi connectivity index (χ2v) is 9.49. The molecular weight excluding hydrogens is 357 g/mol. The minimum absolute atomic E-state index is 0.267. The first-order valence-electron chi connectivity index (χ1n) is 11.5. The second kappa shape index (κ2) is 10.8. The van der Waals surface area contributed by atoms with Crippen molar-refractivity contribution in [2.45, 2.75) is 104 Å². The minimum Gasteiger partial charge on any atom is -0.400 e. The number of nitrogens with zero attached hydrogens (tertiary/aromatic N) is 1. The van der Waals surface area contributed by atoms with E-state index < -0.39 is 0 Å². The van der Waals surface area contributed by atoms with Crippen LogP contribution in [0.2, 0.25) is 0 Å². The molecule has 4 heteroatoms. The first kappa shape index (κ1) is 24.2. The molecule has 1 unspecified atom stereocenters. The third kappa shape index (κ3) is 6.44. The summed E-state index contributed by atoms with van der Waals surface area (Å²) in [5.41, 5.74) is 2.03. The molecule has 1 aromatic rings. The molecule has 2 rings (SSSR count). The van der Waals surface area contributed by atoms with Gasteiger partial charge in [-0.1, -0.05) is 75.9 Å². The van der Waals surface area contributed by atoms with Crippen molar-refractivity contribution in [1.29, 1.82) is 0 Å². The van der Waals surface area contributed by atoms with Crippen LogP contribution in [0.25, 0.3) is 0 Å². The molecule has 0 aliphatic carbocycles. The molecule has 0 bridgehead atoms. The maximum absolute atomic E-state index is 6.50. The van der Waals surface area contributed by atoms with Crippen molar-refractivity contribution in [1.82, 2.24) is 4.90 Å². The highest BCUT2D eigenvalue weighted by atomic mass is 16.7. The van der Waals surface area contributed by atoms with Gasteiger partial charge in [-0.3, -0.25) is 4.90 Å². The molecule has 29 heavy (non-hydrogen) atoms. The van der Waals surface area contributed by atoms with Crippen LogP contribution in [0.5, 0.6) is 0 Å². The average Bonchev–Trinajstić information content (AvgIpc) is 2.88. The van der Waals surface area contributed by atoms with Crippen LogP contribution in [-0.2, 0) is 15.9 Å². The van der Waals surface area contributed by atoms with Gasteiger partial charge < -0.3 is 9.31 Å². The van der Waals surface area contributed by atoms with Crippen LogP contribution in [0.1, 0.15) is 85.6 Å². The summed E-state index contributed by atoms with van der Waals surface area (Å²) in [6.45, 7) is 14.0. The Balaban J connectivity index is 2.30. The van der Waals surface area contributed by atoms with Gasteiger partial charge in [0.1, 0.15) is 0 Å². The molecule has 1 aliphatic heterocycles. The molecule has 0 saturated carbocycles. The van der Waals surface area contributed by atoms with Crippen molar-refractivity contribution in [3.05, 3.63) is 47.4 Å². The van der Waals surface area contributed by atoms with E-state index in [0.29, 0.717) is 6.04 Å². The summed E-state index contributed by atoms with van der Waals surface area (Å²) in [5, 5.41) is 0. The molecule has 0 spiro atoms. The number of allylic oxidation sites excluding steroid dienone is 1. The number of benzene rings is 1. The summed E-state index contributed by atoms with van der Waals surface area (Å²) in [6.07, 6.45) is 9.42. The lowest BCUT2D eigenvalue weighted by Gasteiger charge is -2.32. The van der Waals surface area contributed by atoms with Gasteiger partial charge in [-0.2, -0.15) is 0 Å². The molecule has 0 amide bonds. The van der Waals surface area contributed by atoms with Gasteiger partial charge in [-0.25, -0.2) is 0 Å². The zero-order valence-corrected chi connectivity index (χ0v) is 19.8. The topological polar surface area (TPSA) is 21.7 Å². The van der Waals surface area contributed by atoms with Crippen molar-refractivity contribution >= 4 is 7.12 Å². The SMILES string of the molecule is CCCC/C=C(\B1OC(C)(C)C(C)(C)O1)C(CCCC)N(C)Cc1ccccc1. The fourth-order valence-corrected chi connectivity index (χ4v) is 3.86. The minimum atomic E-state index is -0.311. The zero-order valence-electron chi connectivity index (χ0n) is 19.8. The molecule has 0 radical (unpaired) electrons. The standard InChI is InChI=1S/C25H42BNO2/c1-8-10-13-18-22(26-28-24(3,4)25(5,6)29-26)23(19-11-9-2)27(7)20-21-16-14-12-15-17-21/h12,14-18,23H,8-11,13,19-20H2,1-7H3/b22-18-. The van der Waals surface area contributed by atoms with Gasteiger partial charge in [0.05, 0.1) is 11.2 Å². The maximum atomic E-state index is 6.50. The van der Waals surface area contributed by atoms with Gasteiger partial charge in [0, 0.05) is 12.6 Å². The molecule has 1 saturated heterocycles. The zero-order chi connectivity index (χ0) is 21.5. The Morgan fingerprint density at radius 2 is 1.59 bits per heavy atom. The van der Waals surface area contributed by atoms with Gasteiger partial charge >= 0.3 is 7.12 Å². The van der Waals surface area contributed by atoms with Crippen molar-refractivity contribution in [2.75, 3.05) is 7.05 Å². The summed E-state index contributed by atoms with van der Waals surface area (Å²) in [6, 6.07) is 11.1. The third-order valence-electron chi connectivity index (χ3n) is 6.49. The van der Waals surface area contributed by atoms with Gasteiger partial charge in [0.2, 0.25) is 0 Å². The van der Waals surface area contributed by atoms with E-state index in [-0.39, 0.29) is 18.3 Å². The van der Waals surface area contributed by atoms with E-state index in [1.165, 1.54) is 36.7 Å². The Morgan fingerprint density at radius 3 is 2.14 bits per heavy atom. The molecule has 0 N–H and O–H groups in total. The fourth-order valence-electron chi connectivity index (χ4n) is 3.86. The van der Waals surface area contributed by atoms with E-state index in [2.05, 4.69) is 89.9 Å². The smallest absolute Gasteiger partial charge is 0.400 e. The average molecular weight is 399 g/mol. The van der Waals surface area contributed by atoms with Crippen molar-refractivity contribution in [2.24, 2.45) is 0 Å². The highest BCUT2D eigenvalue weighted by Crippen LogP contribution is 2.40. The Morgan fingerprint density at radius 1 is 1.00 bits per heavy atom. The lowest BCUT2D eigenvalue weighted by Crippen LogP contribution is -2.41. The van der Waals surface area contributed by atoms with Gasteiger partial charge in [0.25, 0.3) is 0 Å². The molecule has 1 fully saturated rings. The Labute approximate surface area is 180 Å². The molecular formula is C25H42BNO2. The van der Waals surface area contributed by atoms with Crippen molar-refractivity contribution < 1.29 is 9.31 Å². The molecule has 1 heterocycles. The maximum Gasteiger partial charge on any atom is 0.491 e. The molecule has 1 aromatic carbocycles. The van der Waals surface area contributed by atoms with Crippen LogP contribution in [0.15, 0.2) is 41.9 Å². The van der Waals surface area contributed by atoms with Crippen molar-refractivity contribution in [3.63, 3.8) is 0 Å². The number of likely N-dealkylation sites (N-methyl/N-ethyl adjacent to an activating group) is 1. The number of rotatable bonds is 11. The fraction of sp³-hybridized carbons (Fsp3) is 0.680. The van der Waals surface area contributed by atoms with Gasteiger partial charge in [-0.05, 0) is 58.6 Å². The van der Waals surface area contributed by atoms with Crippen LogP contribution in [0, 0.1) is 0 Å². The molecule has 1 aliphatic rings. The molecule has 0 aromatic heterocycles. The summed E-state index contributed by atoms with van der Waals surface area (Å²) < 4.78 is 13.0. The van der Waals surface area contributed by atoms with E-state index in [4.69, 9.17) is 9.31 Å². The first-order chi connectivity index (χ1) is 13.7.